The van der Waals surface area contributed by atoms with Crippen molar-refractivity contribution in [3.63, 3.8) is 0 Å². The minimum atomic E-state index is -1.09. The molecule has 0 bridgehead atoms. The molecule has 29 heavy (non-hydrogen) atoms. The first-order valence-corrected chi connectivity index (χ1v) is 11.2. The minimum Gasteiger partial charge on any atom is -0.376 e. The highest BCUT2D eigenvalue weighted by Gasteiger charge is 2.74. The van der Waals surface area contributed by atoms with Gasteiger partial charge in [0.25, 0.3) is 0 Å². The predicted octanol–water partition coefficient (Wildman–Crippen LogP) is 1.85. The largest absolute Gasteiger partial charge is 0.376 e. The van der Waals surface area contributed by atoms with Crippen LogP contribution in [-0.2, 0) is 24.7 Å². The molecule has 4 saturated heterocycles. The molecule has 5 aliphatic rings. The second-order valence-corrected chi connectivity index (χ2v) is 9.65. The highest BCUT2D eigenvalue weighted by Crippen LogP contribution is 2.60. The molecule has 8 heteroatoms. The highest BCUT2D eigenvalue weighted by atomic mass is 79.9. The number of imide groups is 1. The van der Waals surface area contributed by atoms with Gasteiger partial charge in [-0.3, -0.25) is 24.2 Å². The van der Waals surface area contributed by atoms with E-state index >= 15 is 0 Å². The van der Waals surface area contributed by atoms with Gasteiger partial charge in [0, 0.05) is 28.4 Å². The third kappa shape index (κ3) is 2.17. The van der Waals surface area contributed by atoms with Crippen LogP contribution in [0.2, 0.25) is 0 Å². The molecule has 3 amide bonds. The fourth-order valence-electron chi connectivity index (χ4n) is 6.41. The molecule has 0 aliphatic carbocycles. The molecule has 5 atom stereocenters. The summed E-state index contributed by atoms with van der Waals surface area (Å²) in [6, 6.07) is 5.63. The van der Waals surface area contributed by atoms with E-state index in [0.717, 1.165) is 48.0 Å². The molecule has 152 valence electrons. The molecular formula is C21H22BrN3O4. The molecule has 6 rings (SSSR count). The maximum absolute atomic E-state index is 13.6. The Balaban J connectivity index is 1.48. The van der Waals surface area contributed by atoms with Crippen LogP contribution in [0.3, 0.4) is 0 Å². The number of amides is 3. The van der Waals surface area contributed by atoms with Gasteiger partial charge in [-0.05, 0) is 50.4 Å². The number of benzene rings is 1. The third-order valence-corrected chi connectivity index (χ3v) is 7.95. The van der Waals surface area contributed by atoms with Gasteiger partial charge in [0.15, 0.2) is 0 Å². The van der Waals surface area contributed by atoms with Crippen molar-refractivity contribution in [2.45, 2.75) is 43.4 Å². The number of rotatable bonds is 2. The van der Waals surface area contributed by atoms with Gasteiger partial charge in [0.2, 0.25) is 17.7 Å². The van der Waals surface area contributed by atoms with Crippen molar-refractivity contribution in [2.75, 3.05) is 25.0 Å². The maximum Gasteiger partial charge on any atom is 0.250 e. The summed E-state index contributed by atoms with van der Waals surface area (Å²) in [5.74, 6) is -1.64. The average molecular weight is 460 g/mol. The van der Waals surface area contributed by atoms with Crippen molar-refractivity contribution in [3.8, 4) is 0 Å². The lowest BCUT2D eigenvalue weighted by molar-refractivity contribution is -0.147. The SMILES string of the molecule is O=C1[C@@H]2[C@H]3CCCN3[C@@]3(C(=O)Nc4ccc(Br)cc43)[C@H]2C(=O)N1C[C@@H]1CCCO1. The number of anilines is 1. The molecule has 0 saturated carbocycles. The number of carbonyl (C=O) groups excluding carboxylic acids is 3. The normalized spacial score (nSPS) is 38.1. The van der Waals surface area contributed by atoms with Crippen LogP contribution < -0.4 is 5.32 Å². The average Bonchev–Trinajstić information content (AvgIpc) is 3.47. The van der Waals surface area contributed by atoms with E-state index < -0.39 is 17.4 Å². The Kier molecular flexibility index (Phi) is 3.81. The van der Waals surface area contributed by atoms with Gasteiger partial charge >= 0.3 is 0 Å². The molecule has 0 unspecified atom stereocenters. The van der Waals surface area contributed by atoms with Gasteiger partial charge in [-0.2, -0.15) is 0 Å². The molecular weight excluding hydrogens is 438 g/mol. The van der Waals surface area contributed by atoms with E-state index in [4.69, 9.17) is 4.74 Å². The number of hydrogen-bond donors (Lipinski definition) is 1. The van der Waals surface area contributed by atoms with Crippen molar-refractivity contribution in [1.82, 2.24) is 9.80 Å². The first kappa shape index (κ1) is 18.0. The first-order valence-electron chi connectivity index (χ1n) is 10.4. The van der Waals surface area contributed by atoms with Crippen molar-refractivity contribution < 1.29 is 19.1 Å². The number of nitrogens with one attached hydrogen (secondary N) is 1. The van der Waals surface area contributed by atoms with Gasteiger partial charge in [-0.15, -0.1) is 0 Å². The van der Waals surface area contributed by atoms with Crippen LogP contribution in [0.4, 0.5) is 5.69 Å². The van der Waals surface area contributed by atoms with Crippen LogP contribution in [0.5, 0.6) is 0 Å². The summed E-state index contributed by atoms with van der Waals surface area (Å²) in [6.45, 7) is 1.71. The number of nitrogens with zero attached hydrogens (tertiary/aromatic N) is 2. The Hall–Kier alpha value is -1.77. The van der Waals surface area contributed by atoms with Crippen molar-refractivity contribution >= 4 is 39.3 Å². The molecule has 4 fully saturated rings. The zero-order valence-electron chi connectivity index (χ0n) is 15.9. The quantitative estimate of drug-likeness (QED) is 0.682. The van der Waals surface area contributed by atoms with E-state index in [1.54, 1.807) is 0 Å². The second-order valence-electron chi connectivity index (χ2n) is 8.74. The summed E-state index contributed by atoms with van der Waals surface area (Å²) in [6.07, 6.45) is 3.50. The maximum atomic E-state index is 13.6. The van der Waals surface area contributed by atoms with Crippen molar-refractivity contribution in [3.05, 3.63) is 28.2 Å². The van der Waals surface area contributed by atoms with E-state index in [9.17, 15) is 14.4 Å². The molecule has 0 radical (unpaired) electrons. The molecule has 0 aromatic heterocycles. The Morgan fingerprint density at radius 3 is 2.83 bits per heavy atom. The van der Waals surface area contributed by atoms with Crippen LogP contribution in [-0.4, -0.2) is 59.4 Å². The number of fused-ring (bicyclic) bond motifs is 7. The fraction of sp³-hybridized carbons (Fsp3) is 0.571. The molecule has 1 N–H and O–H groups in total. The fourth-order valence-corrected chi connectivity index (χ4v) is 6.77. The lowest BCUT2D eigenvalue weighted by atomic mass is 9.75. The number of hydrogen-bond acceptors (Lipinski definition) is 5. The smallest absolute Gasteiger partial charge is 0.250 e. The summed E-state index contributed by atoms with van der Waals surface area (Å²) < 4.78 is 6.55. The lowest BCUT2D eigenvalue weighted by Gasteiger charge is -2.37. The molecule has 1 aromatic carbocycles. The summed E-state index contributed by atoms with van der Waals surface area (Å²) in [5, 5.41) is 3.00. The Morgan fingerprint density at radius 1 is 1.17 bits per heavy atom. The van der Waals surface area contributed by atoms with E-state index in [1.165, 1.54) is 4.90 Å². The van der Waals surface area contributed by atoms with E-state index in [2.05, 4.69) is 26.1 Å². The Labute approximate surface area is 176 Å². The van der Waals surface area contributed by atoms with Crippen LogP contribution in [0.1, 0.15) is 31.2 Å². The first-order chi connectivity index (χ1) is 14.0. The monoisotopic (exact) mass is 459 g/mol. The van der Waals surface area contributed by atoms with Crippen molar-refractivity contribution in [1.29, 1.82) is 0 Å². The summed E-state index contributed by atoms with van der Waals surface area (Å²) in [7, 11) is 0. The zero-order valence-corrected chi connectivity index (χ0v) is 17.5. The van der Waals surface area contributed by atoms with Gasteiger partial charge in [-0.1, -0.05) is 15.9 Å². The van der Waals surface area contributed by atoms with Crippen molar-refractivity contribution in [2.24, 2.45) is 11.8 Å². The van der Waals surface area contributed by atoms with Gasteiger partial charge in [0.05, 0.1) is 24.5 Å². The topological polar surface area (TPSA) is 79.0 Å². The molecule has 5 aliphatic heterocycles. The second kappa shape index (κ2) is 6.12. The standard InChI is InChI=1S/C21H22BrN3O4/c22-11-5-6-14-13(9-11)21(20(28)23-14)17-16(15-4-1-7-25(15)21)18(26)24(19(17)27)10-12-3-2-8-29-12/h5-6,9,12,15-17H,1-4,7-8,10H2,(H,23,28)/t12-,15+,16+,17+,21+/m0/s1. The highest BCUT2D eigenvalue weighted by molar-refractivity contribution is 9.10. The molecule has 1 aromatic rings. The number of carbonyl (C=O) groups is 3. The summed E-state index contributed by atoms with van der Waals surface area (Å²) >= 11 is 3.52. The molecule has 5 heterocycles. The van der Waals surface area contributed by atoms with Crippen LogP contribution >= 0.6 is 15.9 Å². The summed E-state index contributed by atoms with van der Waals surface area (Å²) in [4.78, 5) is 44.1. The Morgan fingerprint density at radius 2 is 2.03 bits per heavy atom. The van der Waals surface area contributed by atoms with E-state index in [-0.39, 0.29) is 29.9 Å². The van der Waals surface area contributed by atoms with Gasteiger partial charge in [-0.25, -0.2) is 0 Å². The van der Waals surface area contributed by atoms with E-state index in [1.807, 2.05) is 18.2 Å². The van der Waals surface area contributed by atoms with E-state index in [0.29, 0.717) is 13.2 Å². The zero-order chi connectivity index (χ0) is 19.9. The Bertz CT molecular complexity index is 946. The minimum absolute atomic E-state index is 0.0679. The lowest BCUT2D eigenvalue weighted by Crippen LogP contribution is -2.54. The molecule has 1 spiro atoms. The number of likely N-dealkylation sites (tertiary alicyclic amines) is 1. The number of halogens is 1. The number of ether oxygens (including phenoxy) is 1. The van der Waals surface area contributed by atoms with Crippen LogP contribution in [0, 0.1) is 11.8 Å². The van der Waals surface area contributed by atoms with Gasteiger partial charge in [0.1, 0.15) is 5.54 Å². The van der Waals surface area contributed by atoms with Gasteiger partial charge < -0.3 is 10.1 Å². The third-order valence-electron chi connectivity index (χ3n) is 7.46. The van der Waals surface area contributed by atoms with Crippen LogP contribution in [0.25, 0.3) is 0 Å². The predicted molar refractivity (Wildman–Crippen MR) is 107 cm³/mol. The van der Waals surface area contributed by atoms with Crippen LogP contribution in [0.15, 0.2) is 22.7 Å². The molecule has 7 nitrogen and oxygen atoms in total. The summed E-state index contributed by atoms with van der Waals surface area (Å²) in [5.41, 5.74) is 0.460.